The zero-order chi connectivity index (χ0) is 19.8. The number of carbonyl (C=O) groups excluding carboxylic acids is 1. The molecular formula is C22H27FN2O2S. The number of methoxy groups -OCH3 is 1. The highest BCUT2D eigenvalue weighted by molar-refractivity contribution is 7.99. The first-order valence-electron chi connectivity index (χ1n) is 9.70. The van der Waals surface area contributed by atoms with Crippen molar-refractivity contribution in [2.24, 2.45) is 0 Å². The number of rotatable bonds is 9. The maximum Gasteiger partial charge on any atom is 0.220 e. The summed E-state index contributed by atoms with van der Waals surface area (Å²) in [4.78, 5) is 15.3. The number of amides is 1. The number of para-hydroxylation sites is 1. The molecule has 150 valence electrons. The second kappa shape index (κ2) is 10.5. The Kier molecular flexibility index (Phi) is 7.74. The topological polar surface area (TPSA) is 41.6 Å². The molecule has 1 aliphatic heterocycles. The number of benzene rings is 2. The molecule has 1 N–H and O–H groups in total. The van der Waals surface area contributed by atoms with Gasteiger partial charge in [-0.1, -0.05) is 30.3 Å². The molecule has 1 atom stereocenters. The molecule has 1 aliphatic rings. The van der Waals surface area contributed by atoms with Gasteiger partial charge in [0.2, 0.25) is 5.91 Å². The van der Waals surface area contributed by atoms with E-state index in [-0.39, 0.29) is 17.8 Å². The second-order valence-electron chi connectivity index (χ2n) is 6.83. The van der Waals surface area contributed by atoms with Gasteiger partial charge in [-0.25, -0.2) is 4.39 Å². The third kappa shape index (κ3) is 5.49. The highest BCUT2D eigenvalue weighted by Crippen LogP contribution is 2.31. The summed E-state index contributed by atoms with van der Waals surface area (Å²) < 4.78 is 19.2. The number of hydrogen-bond donors (Lipinski definition) is 1. The minimum absolute atomic E-state index is 0.0112. The first kappa shape index (κ1) is 20.7. The highest BCUT2D eigenvalue weighted by Gasteiger charge is 2.26. The van der Waals surface area contributed by atoms with Gasteiger partial charge in [0.1, 0.15) is 11.6 Å². The Labute approximate surface area is 170 Å². The van der Waals surface area contributed by atoms with Crippen LogP contribution >= 0.6 is 11.8 Å². The molecule has 6 heteroatoms. The molecule has 2 aromatic carbocycles. The Balaban J connectivity index is 1.56. The highest BCUT2D eigenvalue weighted by atomic mass is 32.2. The number of carbonyl (C=O) groups is 1. The van der Waals surface area contributed by atoms with Crippen LogP contribution in [0.3, 0.4) is 0 Å². The number of nitrogens with one attached hydrogen (secondary N) is 1. The average molecular weight is 403 g/mol. The summed E-state index contributed by atoms with van der Waals surface area (Å²) in [5.41, 5.74) is 1.10. The SMILES string of the molecule is COc1ccccc1C(CNC(=O)CCSc1ccccc1F)N1CCCC1. The van der Waals surface area contributed by atoms with Crippen LogP contribution in [0, 0.1) is 5.82 Å². The van der Waals surface area contributed by atoms with E-state index in [1.807, 2.05) is 18.2 Å². The van der Waals surface area contributed by atoms with Crippen molar-refractivity contribution in [2.45, 2.75) is 30.2 Å². The summed E-state index contributed by atoms with van der Waals surface area (Å²) in [5, 5.41) is 3.07. The van der Waals surface area contributed by atoms with Gasteiger partial charge in [0.15, 0.2) is 0 Å². The number of thioether (sulfide) groups is 1. The van der Waals surface area contributed by atoms with E-state index in [9.17, 15) is 9.18 Å². The summed E-state index contributed by atoms with van der Waals surface area (Å²) >= 11 is 1.37. The number of hydrogen-bond acceptors (Lipinski definition) is 4. The normalized spacial score (nSPS) is 15.4. The van der Waals surface area contributed by atoms with E-state index in [1.165, 1.54) is 30.7 Å². The van der Waals surface area contributed by atoms with Crippen molar-refractivity contribution in [3.8, 4) is 5.75 Å². The van der Waals surface area contributed by atoms with Gasteiger partial charge in [0, 0.05) is 29.2 Å². The second-order valence-corrected chi connectivity index (χ2v) is 7.97. The first-order valence-corrected chi connectivity index (χ1v) is 10.7. The van der Waals surface area contributed by atoms with Crippen LogP contribution in [0.2, 0.25) is 0 Å². The van der Waals surface area contributed by atoms with Crippen LogP contribution in [-0.2, 0) is 4.79 Å². The third-order valence-corrected chi connectivity index (χ3v) is 6.05. The maximum atomic E-state index is 13.7. The Bertz CT molecular complexity index is 781. The van der Waals surface area contributed by atoms with Crippen molar-refractivity contribution in [3.05, 3.63) is 59.9 Å². The van der Waals surface area contributed by atoms with E-state index < -0.39 is 0 Å². The lowest BCUT2D eigenvalue weighted by Gasteiger charge is -2.29. The molecule has 3 rings (SSSR count). The molecule has 1 fully saturated rings. The monoisotopic (exact) mass is 402 g/mol. The molecule has 1 unspecified atom stereocenters. The predicted molar refractivity (Wildman–Crippen MR) is 111 cm³/mol. The van der Waals surface area contributed by atoms with Gasteiger partial charge >= 0.3 is 0 Å². The molecule has 28 heavy (non-hydrogen) atoms. The van der Waals surface area contributed by atoms with Crippen molar-refractivity contribution < 1.29 is 13.9 Å². The van der Waals surface area contributed by atoms with E-state index in [0.717, 1.165) is 24.4 Å². The van der Waals surface area contributed by atoms with Gasteiger partial charge in [-0.15, -0.1) is 11.8 Å². The summed E-state index contributed by atoms with van der Waals surface area (Å²) in [6, 6.07) is 14.8. The molecule has 0 bridgehead atoms. The maximum absolute atomic E-state index is 13.7. The smallest absolute Gasteiger partial charge is 0.220 e. The van der Waals surface area contributed by atoms with Gasteiger partial charge in [-0.3, -0.25) is 9.69 Å². The summed E-state index contributed by atoms with van der Waals surface area (Å²) in [6.45, 7) is 2.60. The van der Waals surface area contributed by atoms with Gasteiger partial charge in [0.05, 0.1) is 13.2 Å². The lowest BCUT2D eigenvalue weighted by Crippen LogP contribution is -2.37. The minimum atomic E-state index is -0.238. The van der Waals surface area contributed by atoms with E-state index in [1.54, 1.807) is 25.3 Å². The summed E-state index contributed by atoms with van der Waals surface area (Å²) in [5.74, 6) is 1.15. The largest absolute Gasteiger partial charge is 0.496 e. The molecule has 0 spiro atoms. The first-order chi connectivity index (χ1) is 13.7. The molecule has 0 saturated carbocycles. The van der Waals surface area contributed by atoms with Crippen molar-refractivity contribution in [3.63, 3.8) is 0 Å². The van der Waals surface area contributed by atoms with Gasteiger partial charge in [0.25, 0.3) is 0 Å². The predicted octanol–water partition coefficient (Wildman–Crippen LogP) is 4.27. The Morgan fingerprint density at radius 3 is 2.64 bits per heavy atom. The van der Waals surface area contributed by atoms with E-state index in [4.69, 9.17) is 4.74 Å². The van der Waals surface area contributed by atoms with E-state index in [0.29, 0.717) is 23.6 Å². The molecule has 0 radical (unpaired) electrons. The molecule has 4 nitrogen and oxygen atoms in total. The molecule has 1 amide bonds. The van der Waals surface area contributed by atoms with Gasteiger partial charge < -0.3 is 10.1 Å². The van der Waals surface area contributed by atoms with Crippen LogP contribution in [-0.4, -0.2) is 43.3 Å². The Morgan fingerprint density at radius 2 is 1.89 bits per heavy atom. The lowest BCUT2D eigenvalue weighted by atomic mass is 10.0. The van der Waals surface area contributed by atoms with Crippen LogP contribution in [0.5, 0.6) is 5.75 Å². The van der Waals surface area contributed by atoms with E-state index in [2.05, 4.69) is 16.3 Å². The van der Waals surface area contributed by atoms with Crippen molar-refractivity contribution in [1.29, 1.82) is 0 Å². The van der Waals surface area contributed by atoms with Crippen LogP contribution in [0.4, 0.5) is 4.39 Å². The Morgan fingerprint density at radius 1 is 1.18 bits per heavy atom. The number of likely N-dealkylation sites (tertiary alicyclic amines) is 1. The zero-order valence-electron chi connectivity index (χ0n) is 16.2. The van der Waals surface area contributed by atoms with Crippen LogP contribution in [0.25, 0.3) is 0 Å². The molecule has 1 saturated heterocycles. The van der Waals surface area contributed by atoms with Gasteiger partial charge in [-0.05, 0) is 44.1 Å². The minimum Gasteiger partial charge on any atom is -0.496 e. The van der Waals surface area contributed by atoms with Crippen molar-refractivity contribution in [1.82, 2.24) is 10.2 Å². The number of ether oxygens (including phenoxy) is 1. The van der Waals surface area contributed by atoms with Crippen LogP contribution in [0.1, 0.15) is 30.9 Å². The standard InChI is InChI=1S/C22H27FN2O2S/c1-27-20-10-4-2-8-17(20)19(25-13-6-7-14-25)16-24-22(26)12-15-28-21-11-5-3-9-18(21)23/h2-5,8-11,19H,6-7,12-16H2,1H3,(H,24,26). The summed E-state index contributed by atoms with van der Waals surface area (Å²) in [7, 11) is 1.68. The molecule has 0 aliphatic carbocycles. The average Bonchev–Trinajstić information content (AvgIpc) is 3.24. The van der Waals surface area contributed by atoms with E-state index >= 15 is 0 Å². The zero-order valence-corrected chi connectivity index (χ0v) is 17.0. The van der Waals surface area contributed by atoms with Crippen molar-refractivity contribution in [2.75, 3.05) is 32.5 Å². The number of halogens is 1. The van der Waals surface area contributed by atoms with Crippen LogP contribution in [0.15, 0.2) is 53.4 Å². The lowest BCUT2D eigenvalue weighted by molar-refractivity contribution is -0.120. The van der Waals surface area contributed by atoms with Crippen LogP contribution < -0.4 is 10.1 Å². The fourth-order valence-electron chi connectivity index (χ4n) is 3.55. The molecular weight excluding hydrogens is 375 g/mol. The molecule has 0 aromatic heterocycles. The third-order valence-electron chi connectivity index (χ3n) is 5.00. The molecule has 2 aromatic rings. The quantitative estimate of drug-likeness (QED) is 0.636. The number of nitrogens with zero attached hydrogens (tertiary/aromatic N) is 1. The van der Waals surface area contributed by atoms with Gasteiger partial charge in [-0.2, -0.15) is 0 Å². The fraction of sp³-hybridized carbons (Fsp3) is 0.409. The summed E-state index contributed by atoms with van der Waals surface area (Å²) in [6.07, 6.45) is 2.72. The van der Waals surface area contributed by atoms with Crippen molar-refractivity contribution >= 4 is 17.7 Å². The molecule has 1 heterocycles. The Hall–Kier alpha value is -2.05. The fourth-order valence-corrected chi connectivity index (χ4v) is 4.43.